The average molecular weight is 459 g/mol. The molecule has 1 saturated heterocycles. The molecule has 1 atom stereocenters. The van der Waals surface area contributed by atoms with E-state index in [9.17, 15) is 4.79 Å². The predicted octanol–water partition coefficient (Wildman–Crippen LogP) is 1.84. The Balaban J connectivity index is 0.00000312. The van der Waals surface area contributed by atoms with Crippen LogP contribution in [0.1, 0.15) is 18.4 Å². The zero-order valence-electron chi connectivity index (χ0n) is 15.6. The number of benzene rings is 1. The molecule has 1 aromatic rings. The number of guanidine groups is 1. The summed E-state index contributed by atoms with van der Waals surface area (Å²) < 4.78 is 0. The molecule has 0 aromatic heterocycles. The lowest BCUT2D eigenvalue weighted by Gasteiger charge is -2.20. The van der Waals surface area contributed by atoms with Gasteiger partial charge in [-0.2, -0.15) is 0 Å². The zero-order chi connectivity index (χ0) is 17.5. The smallest absolute Gasteiger partial charge is 0.223 e. The van der Waals surface area contributed by atoms with Gasteiger partial charge in [0.25, 0.3) is 0 Å². The average Bonchev–Trinajstić information content (AvgIpc) is 3.02. The third-order valence-electron chi connectivity index (χ3n) is 4.28. The number of anilines is 1. The van der Waals surface area contributed by atoms with Gasteiger partial charge in [-0.25, -0.2) is 0 Å². The van der Waals surface area contributed by atoms with Gasteiger partial charge >= 0.3 is 0 Å². The van der Waals surface area contributed by atoms with Crippen molar-refractivity contribution in [2.45, 2.75) is 25.8 Å². The molecular weight excluding hydrogens is 429 g/mol. The number of amides is 1. The minimum atomic E-state index is 0. The van der Waals surface area contributed by atoms with E-state index >= 15 is 0 Å². The SMILES string of the molecule is CN=C(NCCC(=O)N(C)C)NC1CCN(c2ccc(C)cc2)C1.I. The van der Waals surface area contributed by atoms with E-state index in [1.165, 1.54) is 11.3 Å². The largest absolute Gasteiger partial charge is 0.369 e. The van der Waals surface area contributed by atoms with Crippen molar-refractivity contribution in [2.24, 2.45) is 4.99 Å². The Kier molecular flexibility index (Phi) is 9.02. The van der Waals surface area contributed by atoms with Gasteiger partial charge in [0, 0.05) is 58.9 Å². The third-order valence-corrected chi connectivity index (χ3v) is 4.28. The number of rotatable bonds is 5. The molecular formula is C18H30IN5O. The minimum absolute atomic E-state index is 0. The minimum Gasteiger partial charge on any atom is -0.369 e. The Labute approximate surface area is 168 Å². The van der Waals surface area contributed by atoms with E-state index < -0.39 is 0 Å². The highest BCUT2D eigenvalue weighted by molar-refractivity contribution is 14.0. The van der Waals surface area contributed by atoms with Gasteiger partial charge in [-0.1, -0.05) is 17.7 Å². The maximum atomic E-state index is 11.6. The van der Waals surface area contributed by atoms with Crippen molar-refractivity contribution < 1.29 is 4.79 Å². The lowest BCUT2D eigenvalue weighted by atomic mass is 10.2. The summed E-state index contributed by atoms with van der Waals surface area (Å²) in [7, 11) is 5.30. The Morgan fingerprint density at radius 2 is 2.00 bits per heavy atom. The first-order chi connectivity index (χ1) is 11.5. The van der Waals surface area contributed by atoms with Crippen molar-refractivity contribution in [3.8, 4) is 0 Å². The molecule has 6 nitrogen and oxygen atoms in total. The molecule has 25 heavy (non-hydrogen) atoms. The van der Waals surface area contributed by atoms with Crippen LogP contribution in [-0.2, 0) is 4.79 Å². The van der Waals surface area contributed by atoms with Crippen molar-refractivity contribution in [2.75, 3.05) is 45.7 Å². The molecule has 0 bridgehead atoms. The number of nitrogens with zero attached hydrogens (tertiary/aromatic N) is 3. The first-order valence-corrected chi connectivity index (χ1v) is 8.48. The second kappa shape index (κ2) is 10.5. The van der Waals surface area contributed by atoms with Crippen LogP contribution in [0.2, 0.25) is 0 Å². The van der Waals surface area contributed by atoms with Gasteiger partial charge in [0.05, 0.1) is 0 Å². The topological polar surface area (TPSA) is 60.0 Å². The van der Waals surface area contributed by atoms with Crippen LogP contribution >= 0.6 is 24.0 Å². The molecule has 0 radical (unpaired) electrons. The third kappa shape index (κ3) is 6.72. The van der Waals surface area contributed by atoms with Crippen molar-refractivity contribution in [3.63, 3.8) is 0 Å². The maximum Gasteiger partial charge on any atom is 0.223 e. The van der Waals surface area contributed by atoms with E-state index in [-0.39, 0.29) is 29.9 Å². The molecule has 2 rings (SSSR count). The molecule has 1 aliphatic heterocycles. The molecule has 1 heterocycles. The second-order valence-corrected chi connectivity index (χ2v) is 6.45. The monoisotopic (exact) mass is 459 g/mol. The van der Waals surface area contributed by atoms with E-state index in [0.29, 0.717) is 19.0 Å². The Bertz CT molecular complexity index is 573. The van der Waals surface area contributed by atoms with E-state index in [2.05, 4.69) is 51.7 Å². The number of carbonyl (C=O) groups is 1. The summed E-state index contributed by atoms with van der Waals surface area (Å²) in [6, 6.07) is 9.02. The number of aliphatic imine (C=N–C) groups is 1. The number of carbonyl (C=O) groups excluding carboxylic acids is 1. The van der Waals surface area contributed by atoms with Crippen LogP contribution in [0.3, 0.4) is 0 Å². The number of hydrogen-bond donors (Lipinski definition) is 2. The molecule has 7 heteroatoms. The van der Waals surface area contributed by atoms with E-state index in [1.54, 1.807) is 26.0 Å². The van der Waals surface area contributed by atoms with Crippen LogP contribution < -0.4 is 15.5 Å². The standard InChI is InChI=1S/C18H29N5O.HI/c1-14-5-7-16(8-6-14)23-12-10-15(13-23)21-18(19-2)20-11-9-17(24)22(3)4;/h5-8,15H,9-13H2,1-4H3,(H2,19,20,21);1H. The summed E-state index contributed by atoms with van der Waals surface area (Å²) in [4.78, 5) is 19.8. The molecule has 0 spiro atoms. The van der Waals surface area contributed by atoms with E-state index in [0.717, 1.165) is 25.5 Å². The highest BCUT2D eigenvalue weighted by atomic mass is 127. The number of halogens is 1. The lowest BCUT2D eigenvalue weighted by Crippen LogP contribution is -2.45. The first kappa shape index (κ1) is 21.5. The van der Waals surface area contributed by atoms with Crippen molar-refractivity contribution in [1.29, 1.82) is 0 Å². The summed E-state index contributed by atoms with van der Waals surface area (Å²) in [5, 5.41) is 6.67. The van der Waals surface area contributed by atoms with Crippen LogP contribution in [0.15, 0.2) is 29.3 Å². The fraction of sp³-hybridized carbons (Fsp3) is 0.556. The highest BCUT2D eigenvalue weighted by Crippen LogP contribution is 2.20. The number of nitrogens with one attached hydrogen (secondary N) is 2. The fourth-order valence-corrected chi connectivity index (χ4v) is 2.77. The summed E-state index contributed by atoms with van der Waals surface area (Å²) in [6.45, 7) is 4.69. The molecule has 1 fully saturated rings. The Morgan fingerprint density at radius 1 is 1.32 bits per heavy atom. The maximum absolute atomic E-state index is 11.6. The predicted molar refractivity (Wildman–Crippen MR) is 115 cm³/mol. The molecule has 0 saturated carbocycles. The Hall–Kier alpha value is -1.51. The zero-order valence-corrected chi connectivity index (χ0v) is 17.9. The molecule has 140 valence electrons. The molecule has 1 aliphatic rings. The quantitative estimate of drug-likeness (QED) is 0.401. The summed E-state index contributed by atoms with van der Waals surface area (Å²) >= 11 is 0. The van der Waals surface area contributed by atoms with E-state index in [4.69, 9.17) is 0 Å². The molecule has 2 N–H and O–H groups in total. The summed E-state index contributed by atoms with van der Waals surface area (Å²) in [5.41, 5.74) is 2.55. The van der Waals surface area contributed by atoms with Gasteiger partial charge in [0.2, 0.25) is 5.91 Å². The first-order valence-electron chi connectivity index (χ1n) is 8.48. The van der Waals surface area contributed by atoms with Crippen LogP contribution in [0, 0.1) is 6.92 Å². The molecule has 1 amide bonds. The van der Waals surface area contributed by atoms with Crippen LogP contribution in [0.25, 0.3) is 0 Å². The van der Waals surface area contributed by atoms with Crippen LogP contribution in [-0.4, -0.2) is 63.6 Å². The molecule has 1 aromatic carbocycles. The summed E-state index contributed by atoms with van der Waals surface area (Å²) in [5.74, 6) is 0.877. The molecule has 0 aliphatic carbocycles. The highest BCUT2D eigenvalue weighted by Gasteiger charge is 2.23. The normalized spacial score (nSPS) is 17.0. The molecule has 1 unspecified atom stereocenters. The van der Waals surface area contributed by atoms with Gasteiger partial charge in [-0.15, -0.1) is 24.0 Å². The summed E-state index contributed by atoms with van der Waals surface area (Å²) in [6.07, 6.45) is 1.54. The van der Waals surface area contributed by atoms with Crippen LogP contribution in [0.5, 0.6) is 0 Å². The van der Waals surface area contributed by atoms with Crippen LogP contribution in [0.4, 0.5) is 5.69 Å². The van der Waals surface area contributed by atoms with E-state index in [1.807, 2.05) is 0 Å². The van der Waals surface area contributed by atoms with Gasteiger partial charge in [0.1, 0.15) is 0 Å². The second-order valence-electron chi connectivity index (χ2n) is 6.45. The van der Waals surface area contributed by atoms with Crippen molar-refractivity contribution >= 4 is 41.5 Å². The number of aryl methyl sites for hydroxylation is 1. The lowest BCUT2D eigenvalue weighted by molar-refractivity contribution is -0.128. The van der Waals surface area contributed by atoms with Crippen molar-refractivity contribution in [3.05, 3.63) is 29.8 Å². The Morgan fingerprint density at radius 3 is 2.60 bits per heavy atom. The number of hydrogen-bond acceptors (Lipinski definition) is 3. The van der Waals surface area contributed by atoms with Gasteiger partial charge in [0.15, 0.2) is 5.96 Å². The fourth-order valence-electron chi connectivity index (χ4n) is 2.77. The van der Waals surface area contributed by atoms with Gasteiger partial charge in [-0.3, -0.25) is 9.79 Å². The van der Waals surface area contributed by atoms with Gasteiger partial charge < -0.3 is 20.4 Å². The van der Waals surface area contributed by atoms with Crippen molar-refractivity contribution in [1.82, 2.24) is 15.5 Å². The van der Waals surface area contributed by atoms with Gasteiger partial charge in [-0.05, 0) is 25.5 Å².